The summed E-state index contributed by atoms with van der Waals surface area (Å²) in [6.45, 7) is -0.587. The standard InChI is InChI=1S/C30H51N3O24S/c1-8(36)31-15-21(42)18(39)11(4-34)53-29(15)57-26-17(33-10(3)38)27(46)52-13(20(26)41)6-50-28-16(32-9(2)37)22(43)25(14(55-28)7-51-58(47,48)49)56-30-24(45)23(44)19(40)12(5-35)54-30/h11-30,34-35,39-46H,4-7H2,1-3H3,(H,31,36)(H,32,37)(H,33,38)(H,47,48,49)/t11-,12-,13-,14-,15-,16-,17-,18-,19+,20+,21-,22-,23+,24-,25-,26-,27?,28?,29?,30?/m1/s1. The molecule has 20 atom stereocenters. The highest BCUT2D eigenvalue weighted by molar-refractivity contribution is 7.80. The van der Waals surface area contributed by atoms with Crippen LogP contribution in [0.1, 0.15) is 20.8 Å². The lowest BCUT2D eigenvalue weighted by Gasteiger charge is -2.48. The maximum atomic E-state index is 12.3. The molecule has 4 aliphatic rings. The molecule has 0 aliphatic carbocycles. The molecule has 4 fully saturated rings. The molecule has 0 aromatic rings. The zero-order chi connectivity index (χ0) is 43.4. The van der Waals surface area contributed by atoms with Gasteiger partial charge in [-0.15, -0.1) is 0 Å². The zero-order valence-corrected chi connectivity index (χ0v) is 31.8. The fraction of sp³-hybridized carbons (Fsp3) is 0.900. The minimum Gasteiger partial charge on any atom is -0.394 e. The predicted molar refractivity (Wildman–Crippen MR) is 179 cm³/mol. The molecule has 4 aliphatic heterocycles. The van der Waals surface area contributed by atoms with E-state index in [-0.39, 0.29) is 0 Å². The Kier molecular flexibility index (Phi) is 17.0. The molecular formula is C30H51N3O24S. The van der Waals surface area contributed by atoms with Crippen molar-refractivity contribution in [3.05, 3.63) is 0 Å². The van der Waals surface area contributed by atoms with Crippen LogP contribution in [0.15, 0.2) is 0 Å². The number of amides is 3. The molecule has 4 heterocycles. The van der Waals surface area contributed by atoms with Crippen molar-refractivity contribution in [2.24, 2.45) is 0 Å². The van der Waals surface area contributed by atoms with Crippen LogP contribution < -0.4 is 16.0 Å². The van der Waals surface area contributed by atoms with E-state index in [1.54, 1.807) is 0 Å². The SMILES string of the molecule is CC(=O)N[C@H]1C(O[C@H]2[C@@H](O)[C@@H](COC3O[C@H](COS(=O)(=O)O)[C@@H](OC4O[C@H](CO)[C@H](O)[C@H](O)[C@H]4O)[C@H](O)[C@H]3NC(C)=O)OC(O)[C@@H]2NC(C)=O)O[C@H](CO)[C@@H](O)[C@@H]1O. The first-order chi connectivity index (χ1) is 27.1. The molecule has 28 heteroatoms. The number of hydrogen-bond donors (Lipinski definition) is 14. The van der Waals surface area contributed by atoms with E-state index in [0.717, 1.165) is 20.8 Å². The van der Waals surface area contributed by atoms with E-state index in [1.807, 2.05) is 0 Å². The minimum atomic E-state index is -5.20. The molecule has 0 aromatic carbocycles. The van der Waals surface area contributed by atoms with Gasteiger partial charge in [0, 0.05) is 20.8 Å². The molecule has 4 rings (SSSR count). The van der Waals surface area contributed by atoms with Gasteiger partial charge < -0.3 is 100 Å². The van der Waals surface area contributed by atoms with Crippen LogP contribution in [-0.4, -0.2) is 231 Å². The van der Waals surface area contributed by atoms with Gasteiger partial charge in [-0.3, -0.25) is 18.9 Å². The maximum absolute atomic E-state index is 12.3. The Labute approximate surface area is 329 Å². The Morgan fingerprint density at radius 3 is 1.55 bits per heavy atom. The van der Waals surface area contributed by atoms with Gasteiger partial charge in [0.05, 0.1) is 26.4 Å². The summed E-state index contributed by atoms with van der Waals surface area (Å²) < 4.78 is 76.2. The number of aliphatic hydroxyl groups is 10. The van der Waals surface area contributed by atoms with E-state index in [4.69, 9.17) is 33.2 Å². The van der Waals surface area contributed by atoms with Crippen molar-refractivity contribution in [3.63, 3.8) is 0 Å². The van der Waals surface area contributed by atoms with Gasteiger partial charge in [-0.2, -0.15) is 8.42 Å². The van der Waals surface area contributed by atoms with E-state index in [1.165, 1.54) is 0 Å². The second kappa shape index (κ2) is 20.4. The Hall–Kier alpha value is -2.40. The quantitative estimate of drug-likeness (QED) is 0.0679. The average Bonchev–Trinajstić information content (AvgIpc) is 3.14. The third-order valence-electron chi connectivity index (χ3n) is 9.59. The van der Waals surface area contributed by atoms with Crippen LogP contribution in [0.3, 0.4) is 0 Å². The van der Waals surface area contributed by atoms with Crippen molar-refractivity contribution < 1.29 is 116 Å². The van der Waals surface area contributed by atoms with Gasteiger partial charge in [-0.05, 0) is 0 Å². The Bertz CT molecular complexity index is 1500. The van der Waals surface area contributed by atoms with Gasteiger partial charge in [0.2, 0.25) is 17.7 Å². The molecule has 0 saturated carbocycles. The largest absolute Gasteiger partial charge is 0.397 e. The highest BCUT2D eigenvalue weighted by atomic mass is 32.3. The summed E-state index contributed by atoms with van der Waals surface area (Å²) >= 11 is 0. The molecule has 0 bridgehead atoms. The molecule has 58 heavy (non-hydrogen) atoms. The summed E-state index contributed by atoms with van der Waals surface area (Å²) in [7, 11) is -5.20. The summed E-state index contributed by atoms with van der Waals surface area (Å²) in [5.41, 5.74) is 0. The van der Waals surface area contributed by atoms with E-state index >= 15 is 0 Å². The van der Waals surface area contributed by atoms with Crippen LogP contribution >= 0.6 is 0 Å². The number of hydrogen-bond acceptors (Lipinski definition) is 23. The highest BCUT2D eigenvalue weighted by Crippen LogP contribution is 2.33. The fourth-order valence-electron chi connectivity index (χ4n) is 6.79. The number of ether oxygens (including phenoxy) is 7. The first kappa shape index (κ1) is 48.3. The summed E-state index contributed by atoms with van der Waals surface area (Å²) in [4.78, 5) is 36.4. The molecule has 0 radical (unpaired) electrons. The average molecular weight is 870 g/mol. The molecule has 0 spiro atoms. The molecule has 336 valence electrons. The van der Waals surface area contributed by atoms with Gasteiger partial charge in [0.1, 0.15) is 97.5 Å². The lowest BCUT2D eigenvalue weighted by molar-refractivity contribution is -0.353. The van der Waals surface area contributed by atoms with E-state index in [2.05, 4.69) is 20.1 Å². The normalized spacial score (nSPS) is 43.6. The number of carbonyl (C=O) groups is 3. The van der Waals surface area contributed by atoms with Gasteiger partial charge in [0.25, 0.3) is 0 Å². The maximum Gasteiger partial charge on any atom is 0.397 e. The van der Waals surface area contributed by atoms with Crippen LogP contribution in [0.5, 0.6) is 0 Å². The predicted octanol–water partition coefficient (Wildman–Crippen LogP) is -9.49. The van der Waals surface area contributed by atoms with Crippen LogP contribution in [0, 0.1) is 0 Å². The third-order valence-corrected chi connectivity index (χ3v) is 10.0. The van der Waals surface area contributed by atoms with Crippen LogP contribution in [0.2, 0.25) is 0 Å². The lowest BCUT2D eigenvalue weighted by atomic mass is 9.94. The van der Waals surface area contributed by atoms with E-state index < -0.39 is 177 Å². The van der Waals surface area contributed by atoms with Crippen LogP contribution in [-0.2, 0) is 62.1 Å². The molecule has 4 saturated heterocycles. The monoisotopic (exact) mass is 869 g/mol. The molecular weight excluding hydrogens is 818 g/mol. The first-order valence-electron chi connectivity index (χ1n) is 17.7. The second-order valence-electron chi connectivity index (χ2n) is 13.9. The zero-order valence-electron chi connectivity index (χ0n) is 31.0. The van der Waals surface area contributed by atoms with Crippen molar-refractivity contribution in [2.75, 3.05) is 26.4 Å². The molecule has 3 amide bonds. The Morgan fingerprint density at radius 2 is 1.02 bits per heavy atom. The molecule has 0 aromatic heterocycles. The molecule has 14 N–H and O–H groups in total. The first-order valence-corrected chi connectivity index (χ1v) is 19.1. The van der Waals surface area contributed by atoms with Crippen molar-refractivity contribution >= 4 is 28.1 Å². The summed E-state index contributed by atoms with van der Waals surface area (Å²) in [5.74, 6) is -2.29. The second-order valence-corrected chi connectivity index (χ2v) is 15.0. The molecule has 4 unspecified atom stereocenters. The summed E-state index contributed by atoms with van der Waals surface area (Å²) in [6, 6.07) is -4.81. The highest BCUT2D eigenvalue weighted by Gasteiger charge is 2.54. The number of aliphatic hydroxyl groups excluding tert-OH is 10. The van der Waals surface area contributed by atoms with Crippen molar-refractivity contribution in [1.82, 2.24) is 16.0 Å². The Morgan fingerprint density at radius 1 is 0.534 bits per heavy atom. The van der Waals surface area contributed by atoms with E-state index in [0.29, 0.717) is 0 Å². The lowest BCUT2D eigenvalue weighted by Crippen LogP contribution is -2.70. The third kappa shape index (κ3) is 11.7. The number of rotatable bonds is 15. The fourth-order valence-corrected chi connectivity index (χ4v) is 7.10. The summed E-state index contributed by atoms with van der Waals surface area (Å²) in [5, 5.41) is 112. The van der Waals surface area contributed by atoms with Gasteiger partial charge in [-0.1, -0.05) is 0 Å². The van der Waals surface area contributed by atoms with Crippen molar-refractivity contribution in [3.8, 4) is 0 Å². The van der Waals surface area contributed by atoms with Crippen molar-refractivity contribution in [2.45, 2.75) is 143 Å². The van der Waals surface area contributed by atoms with Crippen LogP contribution in [0.25, 0.3) is 0 Å². The smallest absolute Gasteiger partial charge is 0.394 e. The number of nitrogens with one attached hydrogen (secondary N) is 3. The summed E-state index contributed by atoms with van der Waals surface area (Å²) in [6.07, 6.45) is -31.0. The topological polar surface area (TPSA) is 418 Å². The van der Waals surface area contributed by atoms with Gasteiger partial charge in [-0.25, -0.2) is 4.18 Å². The van der Waals surface area contributed by atoms with Gasteiger partial charge in [0.15, 0.2) is 25.2 Å². The van der Waals surface area contributed by atoms with Crippen LogP contribution in [0.4, 0.5) is 0 Å². The van der Waals surface area contributed by atoms with Crippen molar-refractivity contribution in [1.29, 1.82) is 0 Å². The molecule has 27 nitrogen and oxygen atoms in total. The Balaban J connectivity index is 1.60. The minimum absolute atomic E-state index is 0.724. The van der Waals surface area contributed by atoms with E-state index in [9.17, 15) is 78.4 Å². The number of carbonyl (C=O) groups excluding carboxylic acids is 3. The van der Waals surface area contributed by atoms with Gasteiger partial charge >= 0.3 is 10.4 Å².